The maximum Gasteiger partial charge on any atom is 0.117 e. The van der Waals surface area contributed by atoms with Crippen LogP contribution in [0.2, 0.25) is 0 Å². The lowest BCUT2D eigenvalue weighted by Gasteiger charge is -2.49. The molecule has 2 aliphatic rings. The number of furan rings is 1. The van der Waals surface area contributed by atoms with E-state index in [1.807, 2.05) is 6.07 Å². The molecule has 3 rings (SSSR count). The lowest BCUT2D eigenvalue weighted by Crippen LogP contribution is -2.61. The largest absolute Gasteiger partial charge is 0.468 e. The predicted octanol–water partition coefficient (Wildman–Crippen LogP) is 1.52. The number of hydrogen-bond donors (Lipinski definition) is 1. The Morgan fingerprint density at radius 1 is 1.53 bits per heavy atom. The molecular weight excluding hydrogens is 238 g/mol. The molecule has 3 atom stereocenters. The van der Waals surface area contributed by atoms with Gasteiger partial charge in [-0.3, -0.25) is 4.90 Å². The minimum atomic E-state index is 0.175. The molecule has 0 aliphatic carbocycles. The van der Waals surface area contributed by atoms with Crippen molar-refractivity contribution in [1.82, 2.24) is 9.80 Å². The summed E-state index contributed by atoms with van der Waals surface area (Å²) in [5, 5.41) is 0. The summed E-state index contributed by atoms with van der Waals surface area (Å²) in [7, 11) is 0. The summed E-state index contributed by atoms with van der Waals surface area (Å²) >= 11 is 0. The first-order valence-corrected chi connectivity index (χ1v) is 7.48. The Labute approximate surface area is 115 Å². The van der Waals surface area contributed by atoms with Crippen LogP contribution < -0.4 is 5.73 Å². The summed E-state index contributed by atoms with van der Waals surface area (Å²) in [5.74, 6) is 1.77. The van der Waals surface area contributed by atoms with Crippen LogP contribution in [-0.4, -0.2) is 48.1 Å². The first-order chi connectivity index (χ1) is 9.28. The van der Waals surface area contributed by atoms with E-state index in [4.69, 9.17) is 10.2 Å². The molecule has 2 bridgehead atoms. The van der Waals surface area contributed by atoms with Gasteiger partial charge in [0.05, 0.1) is 12.8 Å². The Kier molecular flexibility index (Phi) is 3.65. The lowest BCUT2D eigenvalue weighted by atomic mass is 9.77. The average Bonchev–Trinajstić information content (AvgIpc) is 3.08. The summed E-state index contributed by atoms with van der Waals surface area (Å²) in [6.45, 7) is 8.60. The second kappa shape index (κ2) is 5.27. The maximum atomic E-state index is 6.24. The normalized spacial score (nSPS) is 34.1. The third kappa shape index (κ3) is 2.22. The fourth-order valence-electron chi connectivity index (χ4n) is 4.02. The van der Waals surface area contributed by atoms with E-state index in [1.165, 1.54) is 32.5 Å². The fourth-order valence-corrected chi connectivity index (χ4v) is 4.02. The summed E-state index contributed by atoms with van der Waals surface area (Å²) < 4.78 is 5.53. The van der Waals surface area contributed by atoms with Gasteiger partial charge in [0, 0.05) is 18.6 Å². The molecule has 106 valence electrons. The highest BCUT2D eigenvalue weighted by molar-refractivity contribution is 5.07. The highest BCUT2D eigenvalue weighted by Crippen LogP contribution is 2.39. The van der Waals surface area contributed by atoms with E-state index in [-0.39, 0.29) is 5.54 Å². The summed E-state index contributed by atoms with van der Waals surface area (Å²) in [6.07, 6.45) is 4.25. The van der Waals surface area contributed by atoms with Crippen LogP contribution in [0.1, 0.15) is 25.5 Å². The molecular formula is C15H25N3O. The van der Waals surface area contributed by atoms with E-state index in [9.17, 15) is 0 Å². The molecule has 19 heavy (non-hydrogen) atoms. The van der Waals surface area contributed by atoms with Gasteiger partial charge >= 0.3 is 0 Å². The van der Waals surface area contributed by atoms with Crippen molar-refractivity contribution in [3.8, 4) is 0 Å². The zero-order chi connectivity index (χ0) is 13.3. The van der Waals surface area contributed by atoms with Crippen LogP contribution in [0.4, 0.5) is 0 Å². The molecule has 2 N–H and O–H groups in total. The molecule has 2 saturated heterocycles. The van der Waals surface area contributed by atoms with Crippen LogP contribution in [0.15, 0.2) is 22.8 Å². The van der Waals surface area contributed by atoms with Crippen LogP contribution in [0.25, 0.3) is 0 Å². The summed E-state index contributed by atoms with van der Waals surface area (Å²) in [6, 6.07) is 4.03. The van der Waals surface area contributed by atoms with E-state index >= 15 is 0 Å². The van der Waals surface area contributed by atoms with Gasteiger partial charge in [0.2, 0.25) is 0 Å². The van der Waals surface area contributed by atoms with Crippen molar-refractivity contribution in [2.24, 2.45) is 11.7 Å². The van der Waals surface area contributed by atoms with Gasteiger partial charge in [-0.2, -0.15) is 0 Å². The molecule has 4 nitrogen and oxygen atoms in total. The standard InChI is InChI=1S/C15H25N3O/c1-2-18(11-14-4-3-9-19-14)15(12-16)6-8-17-7-5-13(15)10-17/h3-4,9,13H,2,5-8,10-12,16H2,1H3. The average molecular weight is 263 g/mol. The van der Waals surface area contributed by atoms with Gasteiger partial charge in [-0.1, -0.05) is 6.92 Å². The zero-order valence-corrected chi connectivity index (χ0v) is 11.8. The number of hydrogen-bond acceptors (Lipinski definition) is 4. The number of fused-ring (bicyclic) bond motifs is 2. The minimum absolute atomic E-state index is 0.175. The second-order valence-electron chi connectivity index (χ2n) is 5.94. The van der Waals surface area contributed by atoms with E-state index in [1.54, 1.807) is 6.26 Å². The molecule has 0 radical (unpaired) electrons. The number of piperidine rings is 1. The smallest absolute Gasteiger partial charge is 0.117 e. The van der Waals surface area contributed by atoms with Gasteiger partial charge in [0.25, 0.3) is 0 Å². The molecule has 3 heterocycles. The maximum absolute atomic E-state index is 6.24. The van der Waals surface area contributed by atoms with Crippen LogP contribution in [-0.2, 0) is 6.54 Å². The Balaban J connectivity index is 1.82. The zero-order valence-electron chi connectivity index (χ0n) is 11.8. The molecule has 0 saturated carbocycles. The van der Waals surface area contributed by atoms with Crippen molar-refractivity contribution in [2.75, 3.05) is 32.7 Å². The molecule has 2 aliphatic heterocycles. The second-order valence-corrected chi connectivity index (χ2v) is 5.94. The summed E-state index contributed by atoms with van der Waals surface area (Å²) in [5.41, 5.74) is 6.41. The molecule has 3 unspecified atom stereocenters. The fraction of sp³-hybridized carbons (Fsp3) is 0.733. The van der Waals surface area contributed by atoms with Crippen molar-refractivity contribution in [2.45, 2.75) is 31.8 Å². The molecule has 4 heteroatoms. The lowest BCUT2D eigenvalue weighted by molar-refractivity contribution is 0.00131. The SMILES string of the molecule is CCN(Cc1ccco1)C1(CN)CCN2CCC1C2. The van der Waals surface area contributed by atoms with E-state index < -0.39 is 0 Å². The van der Waals surface area contributed by atoms with Gasteiger partial charge in [-0.05, 0) is 50.5 Å². The Hall–Kier alpha value is -0.840. The molecule has 0 spiro atoms. The van der Waals surface area contributed by atoms with Crippen LogP contribution in [0, 0.1) is 5.92 Å². The van der Waals surface area contributed by atoms with Crippen molar-refractivity contribution < 1.29 is 4.42 Å². The van der Waals surface area contributed by atoms with E-state index in [0.29, 0.717) is 0 Å². The van der Waals surface area contributed by atoms with Crippen LogP contribution >= 0.6 is 0 Å². The Morgan fingerprint density at radius 3 is 3.11 bits per heavy atom. The van der Waals surface area contributed by atoms with Gasteiger partial charge in [0.1, 0.15) is 5.76 Å². The van der Waals surface area contributed by atoms with Crippen molar-refractivity contribution in [3.63, 3.8) is 0 Å². The highest BCUT2D eigenvalue weighted by Gasteiger charge is 2.48. The molecule has 2 fully saturated rings. The van der Waals surface area contributed by atoms with Gasteiger partial charge < -0.3 is 15.1 Å². The monoisotopic (exact) mass is 263 g/mol. The molecule has 0 aromatic carbocycles. The molecule has 1 aromatic heterocycles. The van der Waals surface area contributed by atoms with Crippen molar-refractivity contribution in [3.05, 3.63) is 24.2 Å². The first kappa shape index (κ1) is 13.2. The molecule has 1 aromatic rings. The Bertz CT molecular complexity index is 406. The molecule has 0 amide bonds. The number of rotatable bonds is 5. The van der Waals surface area contributed by atoms with Crippen molar-refractivity contribution in [1.29, 1.82) is 0 Å². The number of nitrogens with zero attached hydrogens (tertiary/aromatic N) is 2. The minimum Gasteiger partial charge on any atom is -0.468 e. The summed E-state index contributed by atoms with van der Waals surface area (Å²) in [4.78, 5) is 5.14. The third-order valence-electron chi connectivity index (χ3n) is 5.19. The van der Waals surface area contributed by atoms with E-state index in [0.717, 1.165) is 31.3 Å². The Morgan fingerprint density at radius 2 is 2.42 bits per heavy atom. The van der Waals surface area contributed by atoms with E-state index in [2.05, 4.69) is 22.8 Å². The van der Waals surface area contributed by atoms with Gasteiger partial charge in [-0.25, -0.2) is 0 Å². The predicted molar refractivity (Wildman–Crippen MR) is 75.7 cm³/mol. The van der Waals surface area contributed by atoms with Crippen molar-refractivity contribution >= 4 is 0 Å². The number of nitrogens with two attached hydrogens (primary N) is 1. The first-order valence-electron chi connectivity index (χ1n) is 7.48. The highest BCUT2D eigenvalue weighted by atomic mass is 16.3. The van der Waals surface area contributed by atoms with Crippen LogP contribution in [0.5, 0.6) is 0 Å². The topological polar surface area (TPSA) is 45.6 Å². The quantitative estimate of drug-likeness (QED) is 0.875. The van der Waals surface area contributed by atoms with Gasteiger partial charge in [0.15, 0.2) is 0 Å². The third-order valence-corrected chi connectivity index (χ3v) is 5.19. The number of likely N-dealkylation sites (N-methyl/N-ethyl adjacent to an activating group) is 1. The van der Waals surface area contributed by atoms with Gasteiger partial charge in [-0.15, -0.1) is 0 Å². The van der Waals surface area contributed by atoms with Crippen LogP contribution in [0.3, 0.4) is 0 Å².